The Morgan fingerprint density at radius 3 is 2.35 bits per heavy atom. The summed E-state index contributed by atoms with van der Waals surface area (Å²) in [6.07, 6.45) is 1.52. The van der Waals surface area contributed by atoms with E-state index in [1.807, 2.05) is 43.9 Å². The van der Waals surface area contributed by atoms with Crippen molar-refractivity contribution < 1.29 is 4.79 Å². The molecule has 0 N–H and O–H groups in total. The van der Waals surface area contributed by atoms with Crippen molar-refractivity contribution in [2.24, 2.45) is 0 Å². The standard InChI is InChI=1S/C19H22N6O/c1-13-8-14(2)10-16(9-13)18(26)24-6-4-23(5-7-24)17-11-15(3)22-19-20-12-21-25(17)19/h8-12H,4-7H2,1-3H3. The third-order valence-corrected chi connectivity index (χ3v) is 4.72. The lowest BCUT2D eigenvalue weighted by atomic mass is 10.1. The first-order chi connectivity index (χ1) is 12.5. The van der Waals surface area contributed by atoms with Crippen molar-refractivity contribution in [2.75, 3.05) is 31.1 Å². The Kier molecular flexibility index (Phi) is 4.06. The van der Waals surface area contributed by atoms with Gasteiger partial charge in [-0.15, -0.1) is 0 Å². The van der Waals surface area contributed by atoms with E-state index in [-0.39, 0.29) is 5.91 Å². The number of aromatic nitrogens is 4. The summed E-state index contributed by atoms with van der Waals surface area (Å²) in [7, 11) is 0. The van der Waals surface area contributed by atoms with Gasteiger partial charge in [-0.1, -0.05) is 17.2 Å². The van der Waals surface area contributed by atoms with Crippen LogP contribution < -0.4 is 4.90 Å². The van der Waals surface area contributed by atoms with Crippen LogP contribution in [0.15, 0.2) is 30.6 Å². The van der Waals surface area contributed by atoms with Gasteiger partial charge in [-0.3, -0.25) is 4.79 Å². The van der Waals surface area contributed by atoms with Crippen molar-refractivity contribution in [3.63, 3.8) is 0 Å². The van der Waals surface area contributed by atoms with Crippen LogP contribution in [0, 0.1) is 20.8 Å². The monoisotopic (exact) mass is 350 g/mol. The second-order valence-corrected chi connectivity index (χ2v) is 6.88. The highest BCUT2D eigenvalue weighted by Crippen LogP contribution is 2.19. The highest BCUT2D eigenvalue weighted by atomic mass is 16.2. The second kappa shape index (κ2) is 6.40. The molecule has 1 aliphatic heterocycles. The first-order valence-corrected chi connectivity index (χ1v) is 8.81. The van der Waals surface area contributed by atoms with Gasteiger partial charge in [0, 0.05) is 43.5 Å². The van der Waals surface area contributed by atoms with Crippen LogP contribution in [0.1, 0.15) is 27.2 Å². The second-order valence-electron chi connectivity index (χ2n) is 6.88. The van der Waals surface area contributed by atoms with Crippen molar-refractivity contribution in [3.8, 4) is 0 Å². The molecule has 1 aromatic carbocycles. The average Bonchev–Trinajstić information content (AvgIpc) is 3.08. The fourth-order valence-corrected chi connectivity index (χ4v) is 3.56. The van der Waals surface area contributed by atoms with Crippen molar-refractivity contribution in [1.82, 2.24) is 24.5 Å². The third-order valence-electron chi connectivity index (χ3n) is 4.72. The lowest BCUT2D eigenvalue weighted by Gasteiger charge is -2.36. The average molecular weight is 350 g/mol. The Hall–Kier alpha value is -2.96. The van der Waals surface area contributed by atoms with E-state index in [2.05, 4.69) is 26.0 Å². The number of piperazine rings is 1. The highest BCUT2D eigenvalue weighted by Gasteiger charge is 2.24. The molecule has 1 fully saturated rings. The van der Waals surface area contributed by atoms with Gasteiger partial charge in [-0.2, -0.15) is 14.6 Å². The van der Waals surface area contributed by atoms with Crippen LogP contribution in [-0.4, -0.2) is 56.6 Å². The highest BCUT2D eigenvalue weighted by molar-refractivity contribution is 5.94. The van der Waals surface area contributed by atoms with Gasteiger partial charge in [-0.25, -0.2) is 4.98 Å². The largest absolute Gasteiger partial charge is 0.353 e. The minimum absolute atomic E-state index is 0.105. The number of anilines is 1. The molecule has 1 aliphatic rings. The summed E-state index contributed by atoms with van der Waals surface area (Å²) in [5.74, 6) is 1.69. The van der Waals surface area contributed by atoms with E-state index in [4.69, 9.17) is 0 Å². The minimum Gasteiger partial charge on any atom is -0.353 e. The van der Waals surface area contributed by atoms with Crippen LogP contribution in [0.3, 0.4) is 0 Å². The molecule has 0 aliphatic carbocycles. The first kappa shape index (κ1) is 16.5. The third kappa shape index (κ3) is 3.00. The summed E-state index contributed by atoms with van der Waals surface area (Å²) >= 11 is 0. The molecule has 3 aromatic rings. The van der Waals surface area contributed by atoms with E-state index in [1.165, 1.54) is 6.33 Å². The summed E-state index contributed by atoms with van der Waals surface area (Å²) in [5, 5.41) is 4.28. The molecule has 7 heteroatoms. The molecule has 1 amide bonds. The topological polar surface area (TPSA) is 66.6 Å². The Bertz CT molecular complexity index is 951. The van der Waals surface area contributed by atoms with E-state index in [9.17, 15) is 4.79 Å². The fraction of sp³-hybridized carbons (Fsp3) is 0.368. The summed E-state index contributed by atoms with van der Waals surface area (Å²) in [5.41, 5.74) is 3.92. The van der Waals surface area contributed by atoms with Crippen LogP contribution in [0.5, 0.6) is 0 Å². The Morgan fingerprint density at radius 2 is 1.65 bits per heavy atom. The molecular formula is C19H22N6O. The molecule has 0 bridgehead atoms. The van der Waals surface area contributed by atoms with E-state index >= 15 is 0 Å². The van der Waals surface area contributed by atoms with Gasteiger partial charge in [0.25, 0.3) is 11.7 Å². The maximum Gasteiger partial charge on any atom is 0.254 e. The van der Waals surface area contributed by atoms with Crippen LogP contribution in [0.25, 0.3) is 5.78 Å². The number of nitrogens with zero attached hydrogens (tertiary/aromatic N) is 6. The molecule has 0 saturated carbocycles. The molecule has 26 heavy (non-hydrogen) atoms. The van der Waals surface area contributed by atoms with Crippen molar-refractivity contribution >= 4 is 17.5 Å². The molecule has 2 aromatic heterocycles. The fourth-order valence-electron chi connectivity index (χ4n) is 3.56. The number of amides is 1. The number of fused-ring (bicyclic) bond motifs is 1. The molecule has 3 heterocycles. The quantitative estimate of drug-likeness (QED) is 0.707. The maximum absolute atomic E-state index is 12.8. The predicted octanol–water partition coefficient (Wildman–Crippen LogP) is 2.01. The molecule has 4 rings (SSSR count). The number of hydrogen-bond donors (Lipinski definition) is 0. The van der Waals surface area contributed by atoms with E-state index in [0.717, 1.165) is 41.3 Å². The molecule has 1 saturated heterocycles. The molecule has 134 valence electrons. The SMILES string of the molecule is Cc1cc(C)cc(C(=O)N2CCN(c3cc(C)nc4ncnn34)CC2)c1. The molecule has 7 nitrogen and oxygen atoms in total. The van der Waals surface area contributed by atoms with Crippen molar-refractivity contribution in [2.45, 2.75) is 20.8 Å². The van der Waals surface area contributed by atoms with Gasteiger partial charge in [0.2, 0.25) is 0 Å². The zero-order chi connectivity index (χ0) is 18.3. The molecule has 0 unspecified atom stereocenters. The number of aryl methyl sites for hydroxylation is 3. The van der Waals surface area contributed by atoms with Gasteiger partial charge in [0.15, 0.2) is 0 Å². The molecule has 0 spiro atoms. The summed E-state index contributed by atoms with van der Waals surface area (Å²) in [6, 6.07) is 8.03. The van der Waals surface area contributed by atoms with E-state index in [0.29, 0.717) is 18.9 Å². The predicted molar refractivity (Wildman–Crippen MR) is 99.6 cm³/mol. The minimum atomic E-state index is 0.105. The normalized spacial score (nSPS) is 14.9. The van der Waals surface area contributed by atoms with Crippen molar-refractivity contribution in [3.05, 3.63) is 53.0 Å². The lowest BCUT2D eigenvalue weighted by Crippen LogP contribution is -2.49. The lowest BCUT2D eigenvalue weighted by molar-refractivity contribution is 0.0746. The molecule has 0 radical (unpaired) electrons. The maximum atomic E-state index is 12.8. The van der Waals surface area contributed by atoms with Crippen LogP contribution >= 0.6 is 0 Å². The molecular weight excluding hydrogens is 328 g/mol. The first-order valence-electron chi connectivity index (χ1n) is 8.81. The van der Waals surface area contributed by atoms with Gasteiger partial charge in [0.1, 0.15) is 12.1 Å². The van der Waals surface area contributed by atoms with Gasteiger partial charge in [-0.05, 0) is 32.9 Å². The smallest absolute Gasteiger partial charge is 0.254 e. The van der Waals surface area contributed by atoms with E-state index in [1.54, 1.807) is 4.52 Å². The summed E-state index contributed by atoms with van der Waals surface area (Å²) in [6.45, 7) is 8.89. The summed E-state index contributed by atoms with van der Waals surface area (Å²) < 4.78 is 1.76. The Morgan fingerprint density at radius 1 is 0.962 bits per heavy atom. The number of benzene rings is 1. The van der Waals surface area contributed by atoms with E-state index < -0.39 is 0 Å². The van der Waals surface area contributed by atoms with Crippen LogP contribution in [-0.2, 0) is 0 Å². The number of carbonyl (C=O) groups excluding carboxylic acids is 1. The zero-order valence-corrected chi connectivity index (χ0v) is 15.3. The summed E-state index contributed by atoms with van der Waals surface area (Å²) in [4.78, 5) is 25.6. The Balaban J connectivity index is 1.52. The number of carbonyl (C=O) groups is 1. The van der Waals surface area contributed by atoms with Gasteiger partial charge in [0.05, 0.1) is 0 Å². The van der Waals surface area contributed by atoms with Gasteiger partial charge >= 0.3 is 0 Å². The van der Waals surface area contributed by atoms with Crippen molar-refractivity contribution in [1.29, 1.82) is 0 Å². The zero-order valence-electron chi connectivity index (χ0n) is 15.3. The Labute approximate surface area is 152 Å². The van der Waals surface area contributed by atoms with Crippen LogP contribution in [0.4, 0.5) is 5.82 Å². The van der Waals surface area contributed by atoms with Crippen LogP contribution in [0.2, 0.25) is 0 Å². The molecule has 0 atom stereocenters. The number of hydrogen-bond acceptors (Lipinski definition) is 5. The van der Waals surface area contributed by atoms with Gasteiger partial charge < -0.3 is 9.80 Å². The number of rotatable bonds is 2.